The van der Waals surface area contributed by atoms with Crippen molar-refractivity contribution >= 4 is 165 Å². The molecule has 88 heavy (non-hydrogen) atoms. The van der Waals surface area contributed by atoms with Gasteiger partial charge in [-0.3, -0.25) is 0 Å². The van der Waals surface area contributed by atoms with Gasteiger partial charge in [0.25, 0.3) is 0 Å². The van der Waals surface area contributed by atoms with Crippen LogP contribution in [-0.2, 0) is 0 Å². The number of halogens is 2. The van der Waals surface area contributed by atoms with Crippen LogP contribution in [0.2, 0.25) is 0 Å². The first-order valence-corrected chi connectivity index (χ1v) is 30.4. The van der Waals surface area contributed by atoms with Gasteiger partial charge in [0.15, 0.2) is 0 Å². The van der Waals surface area contributed by atoms with Gasteiger partial charge in [-0.25, -0.2) is 8.78 Å². The van der Waals surface area contributed by atoms with Gasteiger partial charge in [0, 0.05) is 11.1 Å². The van der Waals surface area contributed by atoms with Crippen LogP contribution in [0.25, 0.3) is 141 Å². The molecule has 0 heterocycles. The second-order valence-electron chi connectivity index (χ2n) is 24.0. The molecule has 0 aliphatic heterocycles. The summed E-state index contributed by atoms with van der Waals surface area (Å²) >= 11 is 0. The van der Waals surface area contributed by atoms with E-state index in [1.165, 1.54) is 21.5 Å². The van der Waals surface area contributed by atoms with Gasteiger partial charge < -0.3 is 0 Å². The van der Waals surface area contributed by atoms with E-state index in [1.54, 1.807) is 24.3 Å². The fraction of sp³-hybridized carbons (Fsp3) is 0. The smallest absolute Gasteiger partial charge is 0.206 e. The van der Waals surface area contributed by atoms with E-state index in [9.17, 15) is 0 Å². The molecule has 0 spiro atoms. The zero-order valence-electron chi connectivity index (χ0n) is 47.8. The van der Waals surface area contributed by atoms with Crippen molar-refractivity contribution in [2.45, 2.75) is 0 Å². The van der Waals surface area contributed by atoms with Crippen LogP contribution in [0, 0.1) is 11.6 Å². The maximum Gasteiger partial charge on any atom is 0.243 e. The Morgan fingerprint density at radius 2 is 0.420 bits per heavy atom. The van der Waals surface area contributed by atoms with Crippen LogP contribution in [0.15, 0.2) is 303 Å². The molecule has 18 aromatic rings. The molecule has 0 saturated carbocycles. The lowest BCUT2D eigenvalue weighted by Crippen LogP contribution is -2.53. The zero-order valence-corrected chi connectivity index (χ0v) is 47.8. The summed E-state index contributed by atoms with van der Waals surface area (Å²) in [5.74, 6) is -0.596. The molecule has 0 atom stereocenters. The van der Waals surface area contributed by atoms with Crippen LogP contribution in [-0.4, -0.2) is 13.4 Å². The van der Waals surface area contributed by atoms with Crippen LogP contribution in [0.1, 0.15) is 0 Å². The number of rotatable bonds is 8. The van der Waals surface area contributed by atoms with Crippen molar-refractivity contribution < 1.29 is 8.78 Å². The number of benzene rings is 18. The standard InChI is InChI=1S/C84H50B2F2/c87-81-35-11-9-29-63(81)73-49-79(85(75-31-13-25-59-41-51-17-1-5-21-55(51)45-69(59)75)76-32-14-26-60-42-52-18-2-6-22-56(52)46-70(60)76)67-39-37-66-74(64-30-10-12-36-82(64)88)50-80(68-40-38-65(73)83(67)84(66)68)86(77-33-15-27-61-43-53-19-3-7-23-57(53)47-71(61)77)78-34-16-28-62-44-54-20-4-8-24-58(54)48-72(62)78/h1-50H. The first-order chi connectivity index (χ1) is 43.5. The molecule has 0 nitrogen and oxygen atoms in total. The van der Waals surface area contributed by atoms with E-state index >= 15 is 8.78 Å². The van der Waals surface area contributed by atoms with Crippen LogP contribution in [0.5, 0.6) is 0 Å². The lowest BCUT2D eigenvalue weighted by atomic mass is 9.34. The average Bonchev–Trinajstić information content (AvgIpc) is 0.721. The van der Waals surface area contributed by atoms with Crippen molar-refractivity contribution in [1.82, 2.24) is 0 Å². The van der Waals surface area contributed by atoms with E-state index in [4.69, 9.17) is 0 Å². The van der Waals surface area contributed by atoms with E-state index in [1.807, 2.05) is 24.3 Å². The lowest BCUT2D eigenvalue weighted by molar-refractivity contribution is 0.631. The Morgan fingerprint density at radius 3 is 0.716 bits per heavy atom. The van der Waals surface area contributed by atoms with Crippen molar-refractivity contribution in [2.24, 2.45) is 0 Å². The van der Waals surface area contributed by atoms with Crippen LogP contribution in [0.4, 0.5) is 8.78 Å². The van der Waals surface area contributed by atoms with Gasteiger partial charge in [-0.2, -0.15) is 0 Å². The molecule has 0 aromatic heterocycles. The Hall–Kier alpha value is -10.9. The maximum atomic E-state index is 17.3. The molecule has 0 bridgehead atoms. The summed E-state index contributed by atoms with van der Waals surface area (Å²) in [5.41, 5.74) is 9.35. The van der Waals surface area contributed by atoms with Gasteiger partial charge in [-0.15, -0.1) is 0 Å². The van der Waals surface area contributed by atoms with Crippen molar-refractivity contribution in [3.63, 3.8) is 0 Å². The molecule has 18 aromatic carbocycles. The summed E-state index contributed by atoms with van der Waals surface area (Å²) < 4.78 is 34.5. The molecule has 0 fully saturated rings. The van der Waals surface area contributed by atoms with Crippen molar-refractivity contribution in [2.75, 3.05) is 0 Å². The van der Waals surface area contributed by atoms with E-state index < -0.39 is 0 Å². The largest absolute Gasteiger partial charge is 0.243 e. The van der Waals surface area contributed by atoms with Gasteiger partial charge in [0.1, 0.15) is 11.6 Å². The maximum absolute atomic E-state index is 17.3. The normalized spacial score (nSPS) is 12.0. The highest BCUT2D eigenvalue weighted by Crippen LogP contribution is 2.43. The molecule has 0 N–H and O–H groups in total. The van der Waals surface area contributed by atoms with Crippen molar-refractivity contribution in [1.29, 1.82) is 0 Å². The molecule has 0 radical (unpaired) electrons. The molecule has 0 aliphatic carbocycles. The Bertz CT molecular complexity index is 5340. The van der Waals surface area contributed by atoms with Gasteiger partial charge >= 0.3 is 0 Å². The minimum atomic E-state index is -0.362. The highest BCUT2D eigenvalue weighted by Gasteiger charge is 2.34. The fourth-order valence-electron chi connectivity index (χ4n) is 15.3. The predicted octanol–water partition coefficient (Wildman–Crippen LogP) is 18.5. The Balaban J connectivity index is 1.03. The van der Waals surface area contributed by atoms with Gasteiger partial charge in [-0.1, -0.05) is 275 Å². The first kappa shape index (κ1) is 50.4. The molecular formula is C84H50B2F2. The highest BCUT2D eigenvalue weighted by molar-refractivity contribution is 7.00. The van der Waals surface area contributed by atoms with Crippen LogP contribution >= 0.6 is 0 Å². The summed E-state index contributed by atoms with van der Waals surface area (Å²) in [6, 6.07) is 108. The average molecular weight is 1120 g/mol. The third kappa shape index (κ3) is 7.85. The summed E-state index contributed by atoms with van der Waals surface area (Å²) in [5, 5.41) is 24.5. The van der Waals surface area contributed by atoms with Crippen LogP contribution < -0.4 is 32.8 Å². The van der Waals surface area contributed by atoms with E-state index in [-0.39, 0.29) is 25.1 Å². The molecule has 406 valence electrons. The summed E-state index contributed by atoms with van der Waals surface area (Å²) in [6.45, 7) is -0.724. The molecule has 0 aliphatic rings. The van der Waals surface area contributed by atoms with Crippen LogP contribution in [0.3, 0.4) is 0 Å². The Labute approximate surface area is 507 Å². The highest BCUT2D eigenvalue weighted by atomic mass is 19.1. The van der Waals surface area contributed by atoms with Gasteiger partial charge in [0.2, 0.25) is 13.4 Å². The minimum absolute atomic E-state index is 0.298. The number of hydrogen-bond donors (Lipinski definition) is 0. The second kappa shape index (κ2) is 19.8. The Morgan fingerprint density at radius 1 is 0.170 bits per heavy atom. The van der Waals surface area contributed by atoms with Gasteiger partial charge in [0.05, 0.1) is 0 Å². The molecule has 0 saturated heterocycles. The fourth-order valence-corrected chi connectivity index (χ4v) is 15.3. The number of hydrogen-bond acceptors (Lipinski definition) is 0. The quantitative estimate of drug-likeness (QED) is 0.0808. The molecule has 4 heteroatoms. The third-order valence-electron chi connectivity index (χ3n) is 19.3. The zero-order chi connectivity index (χ0) is 58.1. The minimum Gasteiger partial charge on any atom is -0.206 e. The van der Waals surface area contributed by atoms with E-state index in [0.29, 0.717) is 11.1 Å². The third-order valence-corrected chi connectivity index (χ3v) is 19.3. The van der Waals surface area contributed by atoms with E-state index in [0.717, 1.165) is 141 Å². The SMILES string of the molecule is Fc1ccccc1-c1cc(B(c2cccc3cc4ccccc4cc23)c2cccc3cc4ccccc4cc23)c2ccc3c(-c4ccccc4F)cc(B(c4cccc5cc6ccccc6cc45)c4cccc5cc6ccccc6cc45)c4ccc1c2c43. The van der Waals surface area contributed by atoms with Crippen molar-refractivity contribution in [3.8, 4) is 22.3 Å². The first-order valence-electron chi connectivity index (χ1n) is 30.4. The monoisotopic (exact) mass is 1120 g/mol. The topological polar surface area (TPSA) is 0 Å². The lowest BCUT2D eigenvalue weighted by Gasteiger charge is -2.27. The molecule has 0 amide bonds. The molecule has 0 unspecified atom stereocenters. The Kier molecular flexibility index (Phi) is 11.4. The summed E-state index contributed by atoms with van der Waals surface area (Å²) in [7, 11) is 0. The van der Waals surface area contributed by atoms with Crippen molar-refractivity contribution in [3.05, 3.63) is 315 Å². The van der Waals surface area contributed by atoms with Gasteiger partial charge in [-0.05, 0) is 190 Å². The second-order valence-corrected chi connectivity index (χ2v) is 24.0. The molecular weight excluding hydrogens is 1070 g/mol. The van der Waals surface area contributed by atoms with E-state index in [2.05, 4.69) is 255 Å². The number of fused-ring (bicyclic) bond motifs is 8. The molecule has 18 rings (SSSR count). The summed E-state index contributed by atoms with van der Waals surface area (Å²) in [6.07, 6.45) is 0. The summed E-state index contributed by atoms with van der Waals surface area (Å²) in [4.78, 5) is 0. The predicted molar refractivity (Wildman–Crippen MR) is 376 cm³/mol.